The fraction of sp³-hybridized carbons (Fsp3) is 0.316. The molecule has 0 saturated carbocycles. The van der Waals surface area contributed by atoms with E-state index >= 15 is 0 Å². The topological polar surface area (TPSA) is 49.8 Å². The number of ether oxygens (including phenoxy) is 1. The molecule has 1 N–H and O–H groups in total. The highest BCUT2D eigenvalue weighted by Crippen LogP contribution is 2.41. The monoisotopic (exact) mass is 379 g/mol. The number of rotatable bonds is 5. The third kappa shape index (κ3) is 3.92. The van der Waals surface area contributed by atoms with E-state index < -0.39 is 11.9 Å². The third-order valence-electron chi connectivity index (χ3n) is 4.63. The summed E-state index contributed by atoms with van der Waals surface area (Å²) < 4.78 is 5.42. The number of carbonyl (C=O) groups is 1. The maximum absolute atomic E-state index is 11.8. The Morgan fingerprint density at radius 3 is 2.52 bits per heavy atom. The Balaban J connectivity index is 1.89. The van der Waals surface area contributed by atoms with Gasteiger partial charge in [-0.05, 0) is 11.6 Å². The van der Waals surface area contributed by atoms with Gasteiger partial charge in [0.25, 0.3) is 0 Å². The fourth-order valence-electron chi connectivity index (χ4n) is 3.43. The molecule has 6 heteroatoms. The number of likely N-dealkylation sites (tertiary alicyclic amines) is 1. The van der Waals surface area contributed by atoms with Gasteiger partial charge in [0.05, 0.1) is 23.1 Å². The van der Waals surface area contributed by atoms with Crippen molar-refractivity contribution in [3.8, 4) is 5.75 Å². The van der Waals surface area contributed by atoms with Gasteiger partial charge in [0.1, 0.15) is 5.75 Å². The van der Waals surface area contributed by atoms with E-state index in [0.717, 1.165) is 11.1 Å². The second-order valence-electron chi connectivity index (χ2n) is 6.24. The Kier molecular flexibility index (Phi) is 5.52. The summed E-state index contributed by atoms with van der Waals surface area (Å²) in [5.74, 6) is -0.957. The molecule has 2 aromatic rings. The molecule has 0 bridgehead atoms. The lowest BCUT2D eigenvalue weighted by Gasteiger charge is -2.19. The number of hydrogen-bond donors (Lipinski definition) is 1. The maximum Gasteiger partial charge on any atom is 0.308 e. The molecule has 1 aliphatic rings. The number of benzene rings is 2. The Morgan fingerprint density at radius 2 is 1.88 bits per heavy atom. The van der Waals surface area contributed by atoms with Crippen molar-refractivity contribution in [2.24, 2.45) is 5.92 Å². The minimum Gasteiger partial charge on any atom is -0.496 e. The van der Waals surface area contributed by atoms with Gasteiger partial charge in [0.15, 0.2) is 0 Å². The lowest BCUT2D eigenvalue weighted by atomic mass is 9.88. The standard InChI is InChI=1S/C19H19Cl2NO3/c1-25-18-8-17(21)16(20)7-13(18)14-10-22(11-15(14)19(23)24)9-12-5-3-2-4-6-12/h2-8,14-15H,9-11H2,1H3,(H,23,24). The summed E-state index contributed by atoms with van der Waals surface area (Å²) in [5, 5.41) is 10.5. The molecule has 4 nitrogen and oxygen atoms in total. The summed E-state index contributed by atoms with van der Waals surface area (Å²) in [6.45, 7) is 1.82. The van der Waals surface area contributed by atoms with Crippen molar-refractivity contribution in [3.63, 3.8) is 0 Å². The zero-order chi connectivity index (χ0) is 18.0. The SMILES string of the molecule is COc1cc(Cl)c(Cl)cc1C1CN(Cc2ccccc2)CC1C(=O)O. The van der Waals surface area contributed by atoms with Crippen LogP contribution in [0.3, 0.4) is 0 Å². The fourth-order valence-corrected chi connectivity index (χ4v) is 3.76. The summed E-state index contributed by atoms with van der Waals surface area (Å²) in [7, 11) is 1.55. The highest BCUT2D eigenvalue weighted by molar-refractivity contribution is 6.42. The molecule has 1 aliphatic heterocycles. The largest absolute Gasteiger partial charge is 0.496 e. The smallest absolute Gasteiger partial charge is 0.308 e. The first kappa shape index (κ1) is 18.1. The van der Waals surface area contributed by atoms with Gasteiger partial charge in [-0.3, -0.25) is 9.69 Å². The van der Waals surface area contributed by atoms with Crippen LogP contribution in [0, 0.1) is 5.92 Å². The molecular weight excluding hydrogens is 361 g/mol. The molecule has 3 rings (SSSR count). The van der Waals surface area contributed by atoms with Crippen LogP contribution in [0.25, 0.3) is 0 Å². The van der Waals surface area contributed by atoms with Gasteiger partial charge in [0.2, 0.25) is 0 Å². The van der Waals surface area contributed by atoms with Crippen LogP contribution in [0.4, 0.5) is 0 Å². The summed E-state index contributed by atoms with van der Waals surface area (Å²) in [5.41, 5.74) is 1.95. The molecule has 0 aliphatic carbocycles. The first-order valence-corrected chi connectivity index (χ1v) is 8.77. The first-order chi connectivity index (χ1) is 12.0. The van der Waals surface area contributed by atoms with Crippen molar-refractivity contribution in [2.45, 2.75) is 12.5 Å². The minimum atomic E-state index is -0.811. The van der Waals surface area contributed by atoms with E-state index in [1.807, 2.05) is 30.3 Å². The van der Waals surface area contributed by atoms with Crippen LogP contribution in [0.5, 0.6) is 5.75 Å². The quantitative estimate of drug-likeness (QED) is 0.840. The molecular formula is C19H19Cl2NO3. The minimum absolute atomic E-state index is 0.203. The number of methoxy groups -OCH3 is 1. The summed E-state index contributed by atoms with van der Waals surface area (Å²) in [4.78, 5) is 14.0. The summed E-state index contributed by atoms with van der Waals surface area (Å²) in [6, 6.07) is 13.4. The average molecular weight is 380 g/mol. The molecule has 2 aromatic carbocycles. The Bertz CT molecular complexity index is 767. The van der Waals surface area contributed by atoms with E-state index in [9.17, 15) is 9.90 Å². The van der Waals surface area contributed by atoms with Gasteiger partial charge in [0, 0.05) is 37.2 Å². The molecule has 0 amide bonds. The molecule has 0 radical (unpaired) electrons. The first-order valence-electron chi connectivity index (χ1n) is 8.01. The van der Waals surface area contributed by atoms with Gasteiger partial charge >= 0.3 is 5.97 Å². The number of aliphatic carboxylic acids is 1. The third-order valence-corrected chi connectivity index (χ3v) is 5.36. The van der Waals surface area contributed by atoms with Crippen LogP contribution >= 0.6 is 23.2 Å². The number of halogens is 2. The van der Waals surface area contributed by atoms with Crippen molar-refractivity contribution in [1.82, 2.24) is 4.90 Å². The van der Waals surface area contributed by atoms with Gasteiger partial charge < -0.3 is 9.84 Å². The molecule has 2 unspecified atom stereocenters. The van der Waals surface area contributed by atoms with E-state index in [4.69, 9.17) is 27.9 Å². The molecule has 0 spiro atoms. The zero-order valence-electron chi connectivity index (χ0n) is 13.8. The Morgan fingerprint density at radius 1 is 1.20 bits per heavy atom. The van der Waals surface area contributed by atoms with Crippen molar-refractivity contribution in [2.75, 3.05) is 20.2 Å². The number of hydrogen-bond acceptors (Lipinski definition) is 3. The average Bonchev–Trinajstić information content (AvgIpc) is 3.01. The van der Waals surface area contributed by atoms with Crippen LogP contribution in [0.1, 0.15) is 17.0 Å². The normalized spacial score (nSPS) is 20.6. The van der Waals surface area contributed by atoms with Gasteiger partial charge in [-0.2, -0.15) is 0 Å². The van der Waals surface area contributed by atoms with Crippen LogP contribution in [-0.4, -0.2) is 36.2 Å². The molecule has 132 valence electrons. The molecule has 1 saturated heterocycles. The Hall–Kier alpha value is -1.75. The van der Waals surface area contributed by atoms with Crippen molar-refractivity contribution < 1.29 is 14.6 Å². The maximum atomic E-state index is 11.8. The van der Waals surface area contributed by atoms with E-state index in [1.165, 1.54) is 0 Å². The second kappa shape index (κ2) is 7.65. The van der Waals surface area contributed by atoms with Crippen molar-refractivity contribution in [1.29, 1.82) is 0 Å². The second-order valence-corrected chi connectivity index (χ2v) is 7.05. The van der Waals surface area contributed by atoms with E-state index in [2.05, 4.69) is 4.90 Å². The van der Waals surface area contributed by atoms with Crippen LogP contribution in [0.2, 0.25) is 10.0 Å². The molecule has 2 atom stereocenters. The van der Waals surface area contributed by atoms with Crippen LogP contribution in [-0.2, 0) is 11.3 Å². The van der Waals surface area contributed by atoms with Crippen LogP contribution in [0.15, 0.2) is 42.5 Å². The molecule has 1 heterocycles. The van der Waals surface area contributed by atoms with Crippen LogP contribution < -0.4 is 4.74 Å². The highest BCUT2D eigenvalue weighted by atomic mass is 35.5. The molecule has 1 fully saturated rings. The molecule has 25 heavy (non-hydrogen) atoms. The van der Waals surface area contributed by atoms with E-state index in [1.54, 1.807) is 19.2 Å². The lowest BCUT2D eigenvalue weighted by molar-refractivity contribution is -0.141. The highest BCUT2D eigenvalue weighted by Gasteiger charge is 2.40. The van der Waals surface area contributed by atoms with E-state index in [0.29, 0.717) is 35.4 Å². The van der Waals surface area contributed by atoms with Crippen molar-refractivity contribution in [3.05, 3.63) is 63.6 Å². The predicted octanol–water partition coefficient (Wildman–Crippen LogP) is 4.30. The number of nitrogens with zero attached hydrogens (tertiary/aromatic N) is 1. The number of carboxylic acid groups (broad SMARTS) is 1. The predicted molar refractivity (Wildman–Crippen MR) is 98.6 cm³/mol. The van der Waals surface area contributed by atoms with Gasteiger partial charge in [-0.15, -0.1) is 0 Å². The van der Waals surface area contributed by atoms with Gasteiger partial charge in [-0.1, -0.05) is 53.5 Å². The van der Waals surface area contributed by atoms with E-state index in [-0.39, 0.29) is 5.92 Å². The lowest BCUT2D eigenvalue weighted by Crippen LogP contribution is -2.23. The Labute approximate surface area is 156 Å². The summed E-state index contributed by atoms with van der Waals surface area (Å²) >= 11 is 12.2. The van der Waals surface area contributed by atoms with Crippen molar-refractivity contribution >= 4 is 29.2 Å². The van der Waals surface area contributed by atoms with Gasteiger partial charge in [-0.25, -0.2) is 0 Å². The summed E-state index contributed by atoms with van der Waals surface area (Å²) in [6.07, 6.45) is 0. The number of carboxylic acids is 1. The zero-order valence-corrected chi connectivity index (χ0v) is 15.3. The molecule has 0 aromatic heterocycles.